The number of thioether (sulfide) groups is 1. The average Bonchev–Trinajstić information content (AvgIpc) is 3.13. The minimum Gasteiger partial charge on any atom is -0.351 e. The third kappa shape index (κ3) is 5.82. The van der Waals surface area contributed by atoms with Crippen molar-refractivity contribution in [2.24, 2.45) is 0 Å². The van der Waals surface area contributed by atoms with Crippen LogP contribution in [0.25, 0.3) is 0 Å². The van der Waals surface area contributed by atoms with E-state index in [1.165, 1.54) is 31.0 Å². The number of benzene rings is 2. The Kier molecular flexibility index (Phi) is 6.57. The average molecular weight is 405 g/mol. The lowest BCUT2D eigenvalue weighted by molar-refractivity contribution is -0.118. The number of sulfonamides is 1. The molecule has 2 aromatic carbocycles. The van der Waals surface area contributed by atoms with E-state index in [9.17, 15) is 13.2 Å². The van der Waals surface area contributed by atoms with Gasteiger partial charge >= 0.3 is 0 Å². The van der Waals surface area contributed by atoms with Crippen molar-refractivity contribution in [3.05, 3.63) is 64.7 Å². The number of aryl methyl sites for hydroxylation is 2. The first-order chi connectivity index (χ1) is 12.9. The van der Waals surface area contributed by atoms with E-state index in [0.29, 0.717) is 17.9 Å². The maximum atomic E-state index is 12.1. The molecule has 7 heteroatoms. The van der Waals surface area contributed by atoms with Crippen molar-refractivity contribution < 1.29 is 13.2 Å². The van der Waals surface area contributed by atoms with E-state index in [1.807, 2.05) is 12.1 Å². The number of hydrogen-bond donors (Lipinski definition) is 2. The lowest BCUT2D eigenvalue weighted by Gasteiger charge is -2.08. The summed E-state index contributed by atoms with van der Waals surface area (Å²) in [6, 6.07) is 13.7. The maximum absolute atomic E-state index is 12.1. The summed E-state index contributed by atoms with van der Waals surface area (Å²) in [5, 5.41) is 2.91. The van der Waals surface area contributed by atoms with E-state index in [4.69, 9.17) is 0 Å². The number of amides is 1. The normalized spacial score (nSPS) is 13.4. The molecule has 0 spiro atoms. The van der Waals surface area contributed by atoms with Gasteiger partial charge in [-0.1, -0.05) is 30.3 Å². The van der Waals surface area contributed by atoms with Crippen molar-refractivity contribution in [2.75, 3.05) is 12.8 Å². The van der Waals surface area contributed by atoms with Gasteiger partial charge in [-0.15, -0.1) is 11.8 Å². The molecule has 0 unspecified atom stereocenters. The highest BCUT2D eigenvalue weighted by molar-refractivity contribution is 8.00. The van der Waals surface area contributed by atoms with Crippen LogP contribution in [0, 0.1) is 0 Å². The lowest BCUT2D eigenvalue weighted by atomic mass is 10.1. The van der Waals surface area contributed by atoms with Gasteiger partial charge in [0.15, 0.2) is 0 Å². The van der Waals surface area contributed by atoms with Crippen LogP contribution in [0.2, 0.25) is 0 Å². The number of nitrogens with one attached hydrogen (secondary N) is 2. The molecular weight excluding hydrogens is 380 g/mol. The Bertz CT molecular complexity index is 909. The second-order valence-electron chi connectivity index (χ2n) is 6.63. The van der Waals surface area contributed by atoms with Crippen molar-refractivity contribution in [2.45, 2.75) is 36.5 Å². The zero-order chi connectivity index (χ0) is 19.3. The van der Waals surface area contributed by atoms with Crippen LogP contribution in [0.1, 0.15) is 28.7 Å². The van der Waals surface area contributed by atoms with E-state index in [2.05, 4.69) is 28.2 Å². The van der Waals surface area contributed by atoms with E-state index >= 15 is 0 Å². The van der Waals surface area contributed by atoms with Crippen LogP contribution in [0.4, 0.5) is 0 Å². The van der Waals surface area contributed by atoms with E-state index < -0.39 is 10.0 Å². The molecule has 5 nitrogen and oxygen atoms in total. The first-order valence-electron chi connectivity index (χ1n) is 8.95. The monoisotopic (exact) mass is 404 g/mol. The zero-order valence-electron chi connectivity index (χ0n) is 15.3. The molecule has 27 heavy (non-hydrogen) atoms. The van der Waals surface area contributed by atoms with Crippen LogP contribution >= 0.6 is 11.8 Å². The predicted molar refractivity (Wildman–Crippen MR) is 109 cm³/mol. The fraction of sp³-hybridized carbons (Fsp3) is 0.350. The summed E-state index contributed by atoms with van der Waals surface area (Å²) >= 11 is 1.56. The molecule has 0 radical (unpaired) electrons. The van der Waals surface area contributed by atoms with E-state index in [0.717, 1.165) is 16.9 Å². The van der Waals surface area contributed by atoms with Gasteiger partial charge in [0.05, 0.1) is 11.5 Å². The van der Waals surface area contributed by atoms with Crippen molar-refractivity contribution >= 4 is 27.7 Å². The number of hydrogen-bond acceptors (Lipinski definition) is 4. The Morgan fingerprint density at radius 3 is 2.48 bits per heavy atom. The molecule has 3 rings (SSSR count). The maximum Gasteiger partial charge on any atom is 0.230 e. The molecule has 2 N–H and O–H groups in total. The van der Waals surface area contributed by atoms with E-state index in [-0.39, 0.29) is 11.7 Å². The molecule has 0 aliphatic heterocycles. The molecular formula is C20H24N2O3S2. The van der Waals surface area contributed by atoms with Gasteiger partial charge in [-0.3, -0.25) is 4.79 Å². The Balaban J connectivity index is 1.45. The van der Waals surface area contributed by atoms with Crippen LogP contribution < -0.4 is 10.0 Å². The van der Waals surface area contributed by atoms with Gasteiger partial charge in [-0.05, 0) is 60.7 Å². The highest BCUT2D eigenvalue weighted by Crippen LogP contribution is 2.27. The molecule has 0 atom stereocenters. The summed E-state index contributed by atoms with van der Waals surface area (Å²) < 4.78 is 25.4. The molecule has 144 valence electrons. The van der Waals surface area contributed by atoms with Gasteiger partial charge in [0, 0.05) is 11.4 Å². The Hall–Kier alpha value is -1.83. The standard InChI is InChI=1S/C20H24N2O3S2/c1-21-27(24,25)14-16-7-5-15(6-8-16)12-22-20(23)13-26-19-10-9-17-3-2-4-18(17)11-19/h5-11,21H,2-4,12-14H2,1H3,(H,22,23). The molecule has 0 fully saturated rings. The molecule has 0 saturated heterocycles. The highest BCUT2D eigenvalue weighted by Gasteiger charge is 2.12. The zero-order valence-corrected chi connectivity index (χ0v) is 17.0. The fourth-order valence-electron chi connectivity index (χ4n) is 3.08. The molecule has 0 heterocycles. The van der Waals surface area contributed by atoms with Gasteiger partial charge < -0.3 is 5.32 Å². The molecule has 1 aliphatic rings. The summed E-state index contributed by atoms with van der Waals surface area (Å²) in [7, 11) is -1.87. The Labute approximate surface area is 165 Å². The summed E-state index contributed by atoms with van der Waals surface area (Å²) in [6.45, 7) is 0.433. The molecule has 1 amide bonds. The van der Waals surface area contributed by atoms with Crippen LogP contribution in [0.3, 0.4) is 0 Å². The first kappa shape index (κ1) is 19.9. The third-order valence-corrected chi connectivity index (χ3v) is 6.95. The van der Waals surface area contributed by atoms with Gasteiger partial charge in [0.2, 0.25) is 15.9 Å². The number of carbonyl (C=O) groups is 1. The largest absolute Gasteiger partial charge is 0.351 e. The first-order valence-corrected chi connectivity index (χ1v) is 11.6. The lowest BCUT2D eigenvalue weighted by Crippen LogP contribution is -2.24. The topological polar surface area (TPSA) is 75.3 Å². The van der Waals surface area contributed by atoms with E-state index in [1.54, 1.807) is 23.9 Å². The van der Waals surface area contributed by atoms with Crippen LogP contribution in [0.5, 0.6) is 0 Å². The van der Waals surface area contributed by atoms with Gasteiger partial charge in [0.25, 0.3) is 0 Å². The number of rotatable bonds is 8. The van der Waals surface area contributed by atoms with Crippen molar-refractivity contribution in [1.82, 2.24) is 10.0 Å². The molecule has 2 aromatic rings. The van der Waals surface area contributed by atoms with Gasteiger partial charge in [-0.25, -0.2) is 13.1 Å². The van der Waals surface area contributed by atoms with Crippen LogP contribution in [-0.2, 0) is 40.0 Å². The van der Waals surface area contributed by atoms with Crippen molar-refractivity contribution in [1.29, 1.82) is 0 Å². The number of fused-ring (bicyclic) bond motifs is 1. The SMILES string of the molecule is CNS(=O)(=O)Cc1ccc(CNC(=O)CSc2ccc3c(c2)CCC3)cc1. The second kappa shape index (κ2) is 8.91. The van der Waals surface area contributed by atoms with Gasteiger partial charge in [-0.2, -0.15) is 0 Å². The Morgan fingerprint density at radius 2 is 1.74 bits per heavy atom. The predicted octanol–water partition coefficient (Wildman–Crippen LogP) is 2.63. The fourth-order valence-corrected chi connectivity index (χ4v) is 4.65. The molecule has 1 aliphatic carbocycles. The minimum absolute atomic E-state index is 0.0117. The second-order valence-corrected chi connectivity index (χ2v) is 9.60. The molecule has 0 aromatic heterocycles. The minimum atomic E-state index is -3.27. The summed E-state index contributed by atoms with van der Waals surface area (Å²) in [6.07, 6.45) is 3.53. The van der Waals surface area contributed by atoms with Crippen LogP contribution in [-0.4, -0.2) is 27.1 Å². The summed E-state index contributed by atoms with van der Waals surface area (Å²) in [4.78, 5) is 13.2. The smallest absolute Gasteiger partial charge is 0.230 e. The third-order valence-electron chi connectivity index (χ3n) is 4.62. The van der Waals surface area contributed by atoms with Crippen molar-refractivity contribution in [3.8, 4) is 0 Å². The van der Waals surface area contributed by atoms with Crippen molar-refractivity contribution in [3.63, 3.8) is 0 Å². The molecule has 0 saturated carbocycles. The highest BCUT2D eigenvalue weighted by atomic mass is 32.2. The Morgan fingerprint density at radius 1 is 1.04 bits per heavy atom. The molecule has 0 bridgehead atoms. The summed E-state index contributed by atoms with van der Waals surface area (Å²) in [5.74, 6) is 0.326. The quantitative estimate of drug-likeness (QED) is 0.663. The van der Waals surface area contributed by atoms with Gasteiger partial charge in [0.1, 0.15) is 0 Å². The van der Waals surface area contributed by atoms with Crippen LogP contribution in [0.15, 0.2) is 47.4 Å². The summed E-state index contributed by atoms with van der Waals surface area (Å²) in [5.41, 5.74) is 4.51. The number of carbonyl (C=O) groups excluding carboxylic acids is 1.